The van der Waals surface area contributed by atoms with Crippen LogP contribution in [0.15, 0.2) is 46.7 Å². The Morgan fingerprint density at radius 2 is 1.85 bits per heavy atom. The van der Waals surface area contributed by atoms with Crippen molar-refractivity contribution in [3.8, 4) is 0 Å². The molecule has 1 aromatic heterocycles. The van der Waals surface area contributed by atoms with Crippen LogP contribution in [0.5, 0.6) is 0 Å². The van der Waals surface area contributed by atoms with Gasteiger partial charge in [0.05, 0.1) is 0 Å². The zero-order valence-electron chi connectivity index (χ0n) is 14.1. The summed E-state index contributed by atoms with van der Waals surface area (Å²) in [4.78, 5) is 12.8. The maximum absolute atomic E-state index is 12.7. The lowest BCUT2D eigenvalue weighted by Gasteiger charge is -2.16. The second-order valence-electron chi connectivity index (χ2n) is 5.95. The number of amides is 1. The molecule has 1 aromatic carbocycles. The van der Waals surface area contributed by atoms with Crippen molar-refractivity contribution in [2.45, 2.75) is 23.8 Å². The van der Waals surface area contributed by atoms with Gasteiger partial charge < -0.3 is 11.1 Å². The topological polar surface area (TPSA) is 92.5 Å². The van der Waals surface area contributed by atoms with Crippen molar-refractivity contribution in [1.82, 2.24) is 9.62 Å². The molecule has 3 N–H and O–H groups in total. The van der Waals surface area contributed by atoms with Crippen LogP contribution < -0.4 is 11.1 Å². The van der Waals surface area contributed by atoms with E-state index in [-0.39, 0.29) is 34.8 Å². The van der Waals surface area contributed by atoms with E-state index >= 15 is 0 Å². The van der Waals surface area contributed by atoms with Crippen molar-refractivity contribution in [2.75, 3.05) is 19.6 Å². The number of carbonyl (C=O) groups excluding carboxylic acids is 1. The van der Waals surface area contributed by atoms with Crippen LogP contribution in [0, 0.1) is 0 Å². The number of hydrogen-bond acceptors (Lipinski definition) is 5. The average molecular weight is 416 g/mol. The van der Waals surface area contributed by atoms with E-state index in [1.165, 1.54) is 10.4 Å². The van der Waals surface area contributed by atoms with E-state index < -0.39 is 15.9 Å². The minimum absolute atomic E-state index is 0. The van der Waals surface area contributed by atoms with E-state index in [0.717, 1.165) is 29.7 Å². The van der Waals surface area contributed by atoms with Gasteiger partial charge in [0.2, 0.25) is 10.0 Å². The fourth-order valence-electron chi connectivity index (χ4n) is 2.83. The first-order chi connectivity index (χ1) is 12.0. The Bertz CT molecular complexity index is 834. The Hall–Kier alpha value is -1.45. The van der Waals surface area contributed by atoms with Gasteiger partial charge in [0.1, 0.15) is 9.77 Å². The molecule has 1 fully saturated rings. The van der Waals surface area contributed by atoms with Gasteiger partial charge in [0.15, 0.2) is 0 Å². The van der Waals surface area contributed by atoms with Crippen molar-refractivity contribution in [2.24, 2.45) is 5.73 Å². The van der Waals surface area contributed by atoms with Gasteiger partial charge in [-0.1, -0.05) is 30.3 Å². The number of carbonyl (C=O) groups is 1. The Kier molecular flexibility index (Phi) is 7.19. The van der Waals surface area contributed by atoms with Crippen molar-refractivity contribution in [1.29, 1.82) is 0 Å². The maximum atomic E-state index is 12.7. The Morgan fingerprint density at radius 1 is 1.19 bits per heavy atom. The summed E-state index contributed by atoms with van der Waals surface area (Å²) in [6.07, 6.45) is 1.72. The fourth-order valence-corrected chi connectivity index (χ4v) is 5.67. The summed E-state index contributed by atoms with van der Waals surface area (Å²) in [5, 5.41) is 4.38. The summed E-state index contributed by atoms with van der Waals surface area (Å²) in [6.45, 7) is 1.26. The summed E-state index contributed by atoms with van der Waals surface area (Å²) in [5.74, 6) is -0.404. The third kappa shape index (κ3) is 4.44. The van der Waals surface area contributed by atoms with Crippen molar-refractivity contribution >= 4 is 39.7 Å². The van der Waals surface area contributed by atoms with E-state index in [2.05, 4.69) is 5.32 Å². The SMILES string of the molecule is Cl.NC(CNC(=O)c1sccc1S(=O)(=O)N1CCCC1)c1ccccc1. The lowest BCUT2D eigenvalue weighted by molar-refractivity contribution is 0.0952. The summed E-state index contributed by atoms with van der Waals surface area (Å²) in [5.41, 5.74) is 7.00. The average Bonchev–Trinajstić information content (AvgIpc) is 3.31. The lowest BCUT2D eigenvalue weighted by atomic mass is 10.1. The molecule has 0 radical (unpaired) electrons. The fraction of sp³-hybridized carbons (Fsp3) is 0.353. The highest BCUT2D eigenvalue weighted by Crippen LogP contribution is 2.27. The van der Waals surface area contributed by atoms with Crippen LogP contribution in [-0.2, 0) is 10.0 Å². The summed E-state index contributed by atoms with van der Waals surface area (Å²) < 4.78 is 26.9. The number of benzene rings is 1. The molecule has 1 aliphatic rings. The summed E-state index contributed by atoms with van der Waals surface area (Å²) in [6, 6.07) is 10.6. The number of nitrogens with zero attached hydrogens (tertiary/aromatic N) is 1. The number of thiophene rings is 1. The van der Waals surface area contributed by atoms with Gasteiger partial charge >= 0.3 is 0 Å². The molecule has 3 rings (SSSR count). The van der Waals surface area contributed by atoms with E-state index in [9.17, 15) is 13.2 Å². The molecule has 142 valence electrons. The van der Waals surface area contributed by atoms with Crippen LogP contribution in [0.25, 0.3) is 0 Å². The van der Waals surface area contributed by atoms with Crippen LogP contribution in [0.4, 0.5) is 0 Å². The van der Waals surface area contributed by atoms with Crippen LogP contribution >= 0.6 is 23.7 Å². The number of sulfonamides is 1. The maximum Gasteiger partial charge on any atom is 0.262 e. The van der Waals surface area contributed by atoms with Gasteiger partial charge in [0, 0.05) is 25.7 Å². The number of hydrogen-bond donors (Lipinski definition) is 2. The van der Waals surface area contributed by atoms with Crippen LogP contribution in [0.3, 0.4) is 0 Å². The van der Waals surface area contributed by atoms with Gasteiger partial charge in [-0.2, -0.15) is 4.31 Å². The van der Waals surface area contributed by atoms with Gasteiger partial charge in [0.25, 0.3) is 5.91 Å². The first-order valence-electron chi connectivity index (χ1n) is 8.16. The van der Waals surface area contributed by atoms with E-state index in [1.54, 1.807) is 5.38 Å². The number of nitrogens with one attached hydrogen (secondary N) is 1. The molecular formula is C17H22ClN3O3S2. The van der Waals surface area contributed by atoms with Crippen LogP contribution in [0.2, 0.25) is 0 Å². The normalized spacial score (nSPS) is 16.0. The number of rotatable bonds is 6. The zero-order valence-corrected chi connectivity index (χ0v) is 16.6. The smallest absolute Gasteiger partial charge is 0.262 e. The second-order valence-corrected chi connectivity index (χ2v) is 8.77. The number of nitrogens with two attached hydrogens (primary N) is 1. The summed E-state index contributed by atoms with van der Waals surface area (Å²) in [7, 11) is -3.61. The molecule has 0 saturated carbocycles. The first kappa shape index (κ1) is 20.9. The van der Waals surface area contributed by atoms with Crippen molar-refractivity contribution < 1.29 is 13.2 Å². The highest BCUT2D eigenvalue weighted by Gasteiger charge is 2.31. The van der Waals surface area contributed by atoms with Gasteiger partial charge in [-0.15, -0.1) is 23.7 Å². The highest BCUT2D eigenvalue weighted by atomic mass is 35.5. The van der Waals surface area contributed by atoms with Gasteiger partial charge in [-0.3, -0.25) is 4.79 Å². The monoisotopic (exact) mass is 415 g/mol. The molecule has 1 unspecified atom stereocenters. The first-order valence-corrected chi connectivity index (χ1v) is 10.5. The Morgan fingerprint density at radius 3 is 2.50 bits per heavy atom. The lowest BCUT2D eigenvalue weighted by Crippen LogP contribution is -2.33. The molecule has 26 heavy (non-hydrogen) atoms. The molecule has 0 aliphatic carbocycles. The molecule has 1 atom stereocenters. The van der Waals surface area contributed by atoms with Gasteiger partial charge in [-0.05, 0) is 29.9 Å². The molecule has 1 saturated heterocycles. The predicted octanol–water partition coefficient (Wildman–Crippen LogP) is 2.38. The van der Waals surface area contributed by atoms with Crippen LogP contribution in [-0.4, -0.2) is 38.3 Å². The Labute approximate surface area is 163 Å². The third-order valence-corrected chi connectivity index (χ3v) is 7.21. The molecule has 6 nitrogen and oxygen atoms in total. The van der Waals surface area contributed by atoms with Crippen molar-refractivity contribution in [3.05, 3.63) is 52.2 Å². The zero-order chi connectivity index (χ0) is 17.9. The molecule has 1 aliphatic heterocycles. The molecule has 0 spiro atoms. The van der Waals surface area contributed by atoms with E-state index in [0.29, 0.717) is 13.1 Å². The predicted molar refractivity (Wildman–Crippen MR) is 105 cm³/mol. The summed E-state index contributed by atoms with van der Waals surface area (Å²) >= 11 is 1.13. The largest absolute Gasteiger partial charge is 0.349 e. The molecule has 2 heterocycles. The molecule has 9 heteroatoms. The van der Waals surface area contributed by atoms with E-state index in [1.807, 2.05) is 30.3 Å². The third-order valence-electron chi connectivity index (χ3n) is 4.23. The van der Waals surface area contributed by atoms with Crippen LogP contribution in [0.1, 0.15) is 34.1 Å². The highest BCUT2D eigenvalue weighted by molar-refractivity contribution is 7.89. The minimum Gasteiger partial charge on any atom is -0.349 e. The Balaban J connectivity index is 0.00000243. The number of halogens is 1. The molecule has 0 bridgehead atoms. The van der Waals surface area contributed by atoms with E-state index in [4.69, 9.17) is 5.73 Å². The molecule has 2 aromatic rings. The standard InChI is InChI=1S/C17H21N3O3S2.ClH/c18-14(13-6-2-1-3-7-13)12-19-17(21)16-15(8-11-24-16)25(22,23)20-9-4-5-10-20;/h1-3,6-8,11,14H,4-5,9-10,12,18H2,(H,19,21);1H. The molecule has 1 amide bonds. The van der Waals surface area contributed by atoms with Gasteiger partial charge in [-0.25, -0.2) is 8.42 Å². The molecular weight excluding hydrogens is 394 g/mol. The second kappa shape index (κ2) is 8.96. The minimum atomic E-state index is -3.61. The van der Waals surface area contributed by atoms with Crippen molar-refractivity contribution in [3.63, 3.8) is 0 Å². The quantitative estimate of drug-likeness (QED) is 0.757.